The van der Waals surface area contributed by atoms with Gasteiger partial charge < -0.3 is 0 Å². The molecule has 0 aromatic heterocycles. The van der Waals surface area contributed by atoms with E-state index in [4.69, 9.17) is 0 Å². The zero-order valence-corrected chi connectivity index (χ0v) is 11.0. The van der Waals surface area contributed by atoms with E-state index in [0.717, 1.165) is 12.8 Å². The van der Waals surface area contributed by atoms with E-state index < -0.39 is 0 Å². The van der Waals surface area contributed by atoms with Gasteiger partial charge in [-0.1, -0.05) is 55.8 Å². The van der Waals surface area contributed by atoms with E-state index in [-0.39, 0.29) is 6.04 Å². The number of allylic oxidation sites excluding steroid dienone is 2. The number of unbranched alkanes of at least 4 members (excludes halogenated alkanes) is 2. The predicted octanol–water partition coefficient (Wildman–Crippen LogP) is 4.95. The summed E-state index contributed by atoms with van der Waals surface area (Å²) in [7, 11) is 0. The third-order valence-electron chi connectivity index (χ3n) is 2.70. The third kappa shape index (κ3) is 6.06. The Morgan fingerprint density at radius 2 is 1.76 bits per heavy atom. The Morgan fingerprint density at radius 3 is 2.47 bits per heavy atom. The first-order valence-electron chi connectivity index (χ1n) is 6.56. The first-order valence-corrected chi connectivity index (χ1v) is 6.56. The van der Waals surface area contributed by atoms with Crippen LogP contribution < -0.4 is 0 Å². The van der Waals surface area contributed by atoms with Crippen LogP contribution in [-0.4, -0.2) is 6.21 Å². The highest BCUT2D eigenvalue weighted by Gasteiger charge is 1.99. The van der Waals surface area contributed by atoms with Gasteiger partial charge in [0.15, 0.2) is 0 Å². The highest BCUT2D eigenvalue weighted by atomic mass is 14.7. The second-order valence-corrected chi connectivity index (χ2v) is 4.26. The van der Waals surface area contributed by atoms with Crippen LogP contribution in [0.5, 0.6) is 0 Å². The van der Waals surface area contributed by atoms with Crippen molar-refractivity contribution in [2.45, 2.75) is 45.6 Å². The summed E-state index contributed by atoms with van der Waals surface area (Å²) in [6.45, 7) is 4.34. The molecule has 0 aliphatic carbocycles. The van der Waals surface area contributed by atoms with Gasteiger partial charge in [-0.3, -0.25) is 4.99 Å². The number of benzene rings is 1. The van der Waals surface area contributed by atoms with Gasteiger partial charge in [-0.25, -0.2) is 0 Å². The number of aliphatic imine (C=N–C) groups is 1. The lowest BCUT2D eigenvalue weighted by atomic mass is 10.1. The second kappa shape index (κ2) is 8.74. The molecule has 17 heavy (non-hydrogen) atoms. The van der Waals surface area contributed by atoms with Crippen molar-refractivity contribution in [1.82, 2.24) is 0 Å². The number of hydrogen-bond acceptors (Lipinski definition) is 1. The molecule has 0 saturated carbocycles. The number of rotatable bonds is 7. The lowest BCUT2D eigenvalue weighted by Crippen LogP contribution is -1.89. The van der Waals surface area contributed by atoms with Crippen LogP contribution in [0.4, 0.5) is 0 Å². The Labute approximate surface area is 105 Å². The molecule has 0 radical (unpaired) electrons. The fraction of sp³-hybridized carbons (Fsp3) is 0.438. The monoisotopic (exact) mass is 229 g/mol. The lowest BCUT2D eigenvalue weighted by Gasteiger charge is -2.05. The summed E-state index contributed by atoms with van der Waals surface area (Å²) in [4.78, 5) is 4.55. The molecular formula is C16H23N. The van der Waals surface area contributed by atoms with Crippen LogP contribution in [0.1, 0.15) is 51.1 Å². The Balaban J connectivity index is 2.25. The molecule has 0 heterocycles. The third-order valence-corrected chi connectivity index (χ3v) is 2.70. The zero-order chi connectivity index (χ0) is 12.3. The van der Waals surface area contributed by atoms with E-state index in [1.165, 1.54) is 18.4 Å². The van der Waals surface area contributed by atoms with E-state index in [1.54, 1.807) is 0 Å². The fourth-order valence-corrected chi connectivity index (χ4v) is 1.62. The van der Waals surface area contributed by atoms with Gasteiger partial charge in [-0.15, -0.1) is 0 Å². The molecule has 0 N–H and O–H groups in total. The van der Waals surface area contributed by atoms with E-state index in [9.17, 15) is 0 Å². The van der Waals surface area contributed by atoms with E-state index in [2.05, 4.69) is 55.3 Å². The van der Waals surface area contributed by atoms with Crippen molar-refractivity contribution in [3.05, 3.63) is 48.0 Å². The molecule has 1 aromatic rings. The van der Waals surface area contributed by atoms with Crippen LogP contribution in [0.25, 0.3) is 0 Å². The molecule has 1 heteroatoms. The molecule has 1 aromatic carbocycles. The van der Waals surface area contributed by atoms with Crippen LogP contribution in [0.3, 0.4) is 0 Å². The average molecular weight is 229 g/mol. The van der Waals surface area contributed by atoms with Crippen molar-refractivity contribution in [2.24, 2.45) is 4.99 Å². The molecule has 0 unspecified atom stereocenters. The maximum absolute atomic E-state index is 4.55. The van der Waals surface area contributed by atoms with Crippen molar-refractivity contribution in [3.63, 3.8) is 0 Å². The lowest BCUT2D eigenvalue weighted by molar-refractivity contribution is 0.819. The van der Waals surface area contributed by atoms with E-state index in [0.29, 0.717) is 0 Å². The van der Waals surface area contributed by atoms with Crippen molar-refractivity contribution in [2.75, 3.05) is 0 Å². The molecule has 0 fully saturated rings. The smallest absolute Gasteiger partial charge is 0.0716 e. The standard InChI is InChI=1S/C16H23N/c1-3-4-5-6-7-11-14-17-15(2)16-12-9-8-10-13-16/h5-6,8-10,12-15H,3-4,7,11H2,1-2H3/b6-5+,17-14?/t15-/m0/s1. The molecule has 0 spiro atoms. The minimum absolute atomic E-state index is 0.274. The van der Waals surface area contributed by atoms with Gasteiger partial charge >= 0.3 is 0 Å². The average Bonchev–Trinajstić information content (AvgIpc) is 2.38. The molecule has 1 atom stereocenters. The summed E-state index contributed by atoms with van der Waals surface area (Å²) < 4.78 is 0. The van der Waals surface area contributed by atoms with Gasteiger partial charge in [0.05, 0.1) is 6.04 Å². The Bertz CT molecular complexity index is 338. The summed E-state index contributed by atoms with van der Waals surface area (Å²) in [6.07, 6.45) is 11.1. The molecule has 0 bridgehead atoms. The van der Waals surface area contributed by atoms with Gasteiger partial charge in [-0.05, 0) is 38.0 Å². The summed E-state index contributed by atoms with van der Waals surface area (Å²) in [5.74, 6) is 0. The normalized spacial score (nSPS) is 13.5. The largest absolute Gasteiger partial charge is 0.290 e. The molecule has 0 aliphatic rings. The number of nitrogens with zero attached hydrogens (tertiary/aromatic N) is 1. The molecule has 0 aliphatic heterocycles. The summed E-state index contributed by atoms with van der Waals surface area (Å²) in [5, 5.41) is 0. The minimum Gasteiger partial charge on any atom is -0.290 e. The van der Waals surface area contributed by atoms with Crippen molar-refractivity contribution in [3.8, 4) is 0 Å². The highest BCUT2D eigenvalue weighted by Crippen LogP contribution is 2.15. The van der Waals surface area contributed by atoms with Crippen LogP contribution in [0, 0.1) is 0 Å². The van der Waals surface area contributed by atoms with Gasteiger partial charge in [0.1, 0.15) is 0 Å². The molecule has 0 amide bonds. The molecule has 92 valence electrons. The Kier molecular flexibility index (Phi) is 7.04. The zero-order valence-electron chi connectivity index (χ0n) is 11.0. The van der Waals surface area contributed by atoms with E-state index in [1.807, 2.05) is 12.3 Å². The maximum Gasteiger partial charge on any atom is 0.0716 e. The topological polar surface area (TPSA) is 12.4 Å². The SMILES string of the molecule is CCC/C=C/CCC=N[C@@H](C)c1ccccc1. The Hall–Kier alpha value is -1.37. The number of hydrogen-bond donors (Lipinski definition) is 0. The molecular weight excluding hydrogens is 206 g/mol. The van der Waals surface area contributed by atoms with E-state index >= 15 is 0 Å². The van der Waals surface area contributed by atoms with Crippen molar-refractivity contribution < 1.29 is 0 Å². The van der Waals surface area contributed by atoms with Crippen LogP contribution in [-0.2, 0) is 0 Å². The minimum atomic E-state index is 0.274. The van der Waals surface area contributed by atoms with Gasteiger partial charge in [-0.2, -0.15) is 0 Å². The van der Waals surface area contributed by atoms with Gasteiger partial charge in [0.25, 0.3) is 0 Å². The summed E-state index contributed by atoms with van der Waals surface area (Å²) >= 11 is 0. The van der Waals surface area contributed by atoms with Crippen molar-refractivity contribution >= 4 is 6.21 Å². The quantitative estimate of drug-likeness (QED) is 0.356. The van der Waals surface area contributed by atoms with Crippen LogP contribution in [0.15, 0.2) is 47.5 Å². The molecule has 1 rings (SSSR count). The summed E-state index contributed by atoms with van der Waals surface area (Å²) in [5.41, 5.74) is 1.28. The highest BCUT2D eigenvalue weighted by molar-refractivity contribution is 5.57. The first-order chi connectivity index (χ1) is 8.34. The fourth-order valence-electron chi connectivity index (χ4n) is 1.62. The first kappa shape index (κ1) is 13.7. The maximum atomic E-state index is 4.55. The summed E-state index contributed by atoms with van der Waals surface area (Å²) in [6, 6.07) is 10.7. The van der Waals surface area contributed by atoms with Crippen LogP contribution in [0.2, 0.25) is 0 Å². The van der Waals surface area contributed by atoms with Crippen molar-refractivity contribution in [1.29, 1.82) is 0 Å². The molecule has 0 saturated heterocycles. The predicted molar refractivity (Wildman–Crippen MR) is 76.6 cm³/mol. The van der Waals surface area contributed by atoms with Crippen LogP contribution >= 0.6 is 0 Å². The van der Waals surface area contributed by atoms with Gasteiger partial charge in [0.2, 0.25) is 0 Å². The Morgan fingerprint density at radius 1 is 1.06 bits per heavy atom. The van der Waals surface area contributed by atoms with Gasteiger partial charge in [0, 0.05) is 0 Å². The second-order valence-electron chi connectivity index (χ2n) is 4.26. The molecule has 1 nitrogen and oxygen atoms in total.